The van der Waals surface area contributed by atoms with Gasteiger partial charge in [0.25, 0.3) is 0 Å². The number of carbonyl (C=O) groups excluding carboxylic acids is 1. The van der Waals surface area contributed by atoms with E-state index in [1.165, 1.54) is 59.3 Å². The lowest BCUT2D eigenvalue weighted by molar-refractivity contribution is -0.207. The Morgan fingerprint density at radius 1 is 1.00 bits per heavy atom. The predicted octanol–water partition coefficient (Wildman–Crippen LogP) is 4.77. The number of rotatable bonds is 9. The molecule has 44 heavy (non-hydrogen) atoms. The van der Waals surface area contributed by atoms with Gasteiger partial charge in [0.15, 0.2) is 30.2 Å². The van der Waals surface area contributed by atoms with Crippen molar-refractivity contribution in [3.63, 3.8) is 0 Å². The van der Waals surface area contributed by atoms with E-state index in [-0.39, 0.29) is 34.5 Å². The Kier molecular flexibility index (Phi) is 8.78. The number of aromatic nitrogens is 6. The summed E-state index contributed by atoms with van der Waals surface area (Å²) in [6, 6.07) is 19.2. The zero-order valence-electron chi connectivity index (χ0n) is 22.4. The second-order valence-corrected chi connectivity index (χ2v) is 9.66. The first-order chi connectivity index (χ1) is 21.0. The summed E-state index contributed by atoms with van der Waals surface area (Å²) in [4.78, 5) is 29.8. The fourth-order valence-electron chi connectivity index (χ4n) is 4.04. The van der Waals surface area contributed by atoms with Crippen molar-refractivity contribution >= 4 is 17.8 Å². The van der Waals surface area contributed by atoms with Crippen molar-refractivity contribution in [2.75, 3.05) is 0 Å². The number of nitrogens with zero attached hydrogens (tertiary/aromatic N) is 6. The Hall–Kier alpha value is -5.02. The molecule has 0 spiro atoms. The van der Waals surface area contributed by atoms with Crippen molar-refractivity contribution in [3.05, 3.63) is 112 Å². The molecule has 2 heterocycles. The number of hydrogen-bond donors (Lipinski definition) is 1. The monoisotopic (exact) mass is 632 g/mol. The quantitative estimate of drug-likeness (QED) is 0.140. The number of ether oxygens (including phenoxy) is 2. The van der Waals surface area contributed by atoms with Gasteiger partial charge >= 0.3 is 18.0 Å². The highest BCUT2D eigenvalue weighted by molar-refractivity contribution is 6.30. The maximum Gasteiger partial charge on any atom is 0.514 e. The molecule has 0 amide bonds. The molecule has 0 radical (unpaired) electrons. The van der Waals surface area contributed by atoms with Gasteiger partial charge in [0.05, 0.1) is 12.2 Å². The summed E-state index contributed by atoms with van der Waals surface area (Å²) in [7, 11) is 0. The SMILES string of the molecule is O=C(OCc1nc(Cn2nc(-c3ccc(Cl)cc3)n(C[C@H](O)C(F)(F)F)c2=O)nn1-c1cccc(F)c1)Oc1ccccc1. The van der Waals surface area contributed by atoms with Gasteiger partial charge in [0.2, 0.25) is 0 Å². The summed E-state index contributed by atoms with van der Waals surface area (Å²) < 4.78 is 66.5. The Morgan fingerprint density at radius 2 is 1.73 bits per heavy atom. The lowest BCUT2D eigenvalue weighted by atomic mass is 10.2. The van der Waals surface area contributed by atoms with E-state index in [4.69, 9.17) is 21.1 Å². The van der Waals surface area contributed by atoms with E-state index in [2.05, 4.69) is 15.2 Å². The lowest BCUT2D eigenvalue weighted by Gasteiger charge is -2.15. The summed E-state index contributed by atoms with van der Waals surface area (Å²) >= 11 is 5.93. The molecule has 5 aromatic rings. The second kappa shape index (κ2) is 12.7. The third-order valence-electron chi connectivity index (χ3n) is 6.08. The van der Waals surface area contributed by atoms with Crippen molar-refractivity contribution in [2.45, 2.75) is 32.0 Å². The van der Waals surface area contributed by atoms with Gasteiger partial charge in [0, 0.05) is 10.6 Å². The molecule has 1 N–H and O–H groups in total. The molecule has 0 bridgehead atoms. The van der Waals surface area contributed by atoms with Gasteiger partial charge in [0.1, 0.15) is 18.1 Å². The van der Waals surface area contributed by atoms with Crippen LogP contribution in [0, 0.1) is 5.82 Å². The molecule has 11 nitrogen and oxygen atoms in total. The maximum atomic E-state index is 14.0. The smallest absolute Gasteiger partial charge is 0.426 e. The molecular weight excluding hydrogens is 612 g/mol. The van der Waals surface area contributed by atoms with Gasteiger partial charge in [-0.1, -0.05) is 35.9 Å². The van der Waals surface area contributed by atoms with Crippen LogP contribution in [-0.2, 0) is 24.4 Å². The van der Waals surface area contributed by atoms with Gasteiger partial charge in [-0.25, -0.2) is 28.3 Å². The molecule has 0 saturated carbocycles. The summed E-state index contributed by atoms with van der Waals surface area (Å²) in [6.45, 7) is -2.06. The number of aliphatic hydroxyl groups excluding tert-OH is 1. The van der Waals surface area contributed by atoms with Crippen molar-refractivity contribution in [2.24, 2.45) is 0 Å². The third kappa shape index (κ3) is 7.12. The minimum Gasteiger partial charge on any atom is -0.426 e. The average Bonchev–Trinajstić information content (AvgIpc) is 3.53. The minimum atomic E-state index is -5.00. The fourth-order valence-corrected chi connectivity index (χ4v) is 4.16. The molecule has 5 rings (SSSR count). The number of para-hydroxylation sites is 1. The van der Waals surface area contributed by atoms with Gasteiger partial charge in [-0.15, -0.1) is 10.2 Å². The highest BCUT2D eigenvalue weighted by Gasteiger charge is 2.39. The molecule has 0 saturated heterocycles. The Balaban J connectivity index is 1.47. The second-order valence-electron chi connectivity index (χ2n) is 9.23. The highest BCUT2D eigenvalue weighted by Crippen LogP contribution is 2.24. The largest absolute Gasteiger partial charge is 0.514 e. The zero-order valence-corrected chi connectivity index (χ0v) is 23.1. The van der Waals surface area contributed by atoms with E-state index in [1.807, 2.05) is 0 Å². The summed E-state index contributed by atoms with van der Waals surface area (Å²) in [5.41, 5.74) is -0.541. The Morgan fingerprint density at radius 3 is 2.41 bits per heavy atom. The molecule has 228 valence electrons. The average molecular weight is 633 g/mol. The Labute approximate surface area is 250 Å². The van der Waals surface area contributed by atoms with E-state index in [0.717, 1.165) is 10.7 Å². The zero-order chi connectivity index (χ0) is 31.4. The predicted molar refractivity (Wildman–Crippen MR) is 147 cm³/mol. The number of benzene rings is 3. The molecule has 0 aliphatic carbocycles. The van der Waals surface area contributed by atoms with Crippen LogP contribution in [0.25, 0.3) is 17.1 Å². The first kappa shape index (κ1) is 30.4. The topological polar surface area (TPSA) is 126 Å². The van der Waals surface area contributed by atoms with Crippen molar-refractivity contribution in [1.29, 1.82) is 0 Å². The minimum absolute atomic E-state index is 0.00788. The van der Waals surface area contributed by atoms with Crippen LogP contribution in [0.1, 0.15) is 11.6 Å². The van der Waals surface area contributed by atoms with Crippen LogP contribution in [0.4, 0.5) is 22.4 Å². The lowest BCUT2D eigenvalue weighted by Crippen LogP contribution is -2.37. The van der Waals surface area contributed by atoms with E-state index in [1.54, 1.807) is 18.2 Å². The van der Waals surface area contributed by atoms with Gasteiger partial charge in [-0.3, -0.25) is 4.57 Å². The molecular formula is C28H21ClF4N6O5. The molecule has 1 atom stereocenters. The van der Waals surface area contributed by atoms with Crippen LogP contribution in [0.15, 0.2) is 83.7 Å². The normalized spacial score (nSPS) is 12.2. The van der Waals surface area contributed by atoms with Gasteiger partial charge < -0.3 is 14.6 Å². The maximum absolute atomic E-state index is 14.0. The third-order valence-corrected chi connectivity index (χ3v) is 6.34. The number of carbonyl (C=O) groups is 1. The van der Waals surface area contributed by atoms with E-state index < -0.39 is 49.6 Å². The fraction of sp³-hybridized carbons (Fsp3) is 0.179. The van der Waals surface area contributed by atoms with E-state index >= 15 is 0 Å². The number of hydrogen-bond acceptors (Lipinski definition) is 8. The molecule has 0 unspecified atom stereocenters. The Bertz CT molecular complexity index is 1820. The van der Waals surface area contributed by atoms with Crippen molar-refractivity contribution in [3.8, 4) is 22.8 Å². The first-order valence-electron chi connectivity index (χ1n) is 12.8. The molecule has 16 heteroatoms. The molecule has 0 fully saturated rings. The molecule has 0 aliphatic heterocycles. The molecule has 3 aromatic carbocycles. The van der Waals surface area contributed by atoms with Crippen LogP contribution >= 0.6 is 11.6 Å². The van der Waals surface area contributed by atoms with Crippen LogP contribution < -0.4 is 10.4 Å². The van der Waals surface area contributed by atoms with E-state index in [0.29, 0.717) is 9.59 Å². The van der Waals surface area contributed by atoms with Crippen LogP contribution in [0.5, 0.6) is 5.75 Å². The molecule has 2 aromatic heterocycles. The highest BCUT2D eigenvalue weighted by atomic mass is 35.5. The standard InChI is InChI=1S/C28H21ClF4N6O5/c29-18-11-9-17(10-12-18)25-36-38(26(41)37(25)14-22(40)28(31,32)33)15-23-34-24(39(35-23)20-6-4-5-19(30)13-20)16-43-27(42)44-21-7-2-1-3-8-21/h1-13,22,40H,14-16H2/t22-/m0/s1. The summed E-state index contributed by atoms with van der Waals surface area (Å²) in [5, 5.41) is 18.5. The number of alkyl halides is 3. The molecule has 0 aliphatic rings. The van der Waals surface area contributed by atoms with Crippen LogP contribution in [0.3, 0.4) is 0 Å². The van der Waals surface area contributed by atoms with Crippen LogP contribution in [0.2, 0.25) is 5.02 Å². The summed E-state index contributed by atoms with van der Waals surface area (Å²) in [6.07, 6.45) is -8.91. The summed E-state index contributed by atoms with van der Waals surface area (Å²) in [5.74, 6) is -0.608. The van der Waals surface area contributed by atoms with Crippen LogP contribution in [-0.4, -0.2) is 52.7 Å². The number of halogens is 5. The number of aliphatic hydroxyl groups is 1. The van der Waals surface area contributed by atoms with Gasteiger partial charge in [-0.2, -0.15) is 13.2 Å². The van der Waals surface area contributed by atoms with Crippen molar-refractivity contribution in [1.82, 2.24) is 29.1 Å². The van der Waals surface area contributed by atoms with Crippen molar-refractivity contribution < 1.29 is 36.9 Å². The first-order valence-corrected chi connectivity index (χ1v) is 13.1. The van der Waals surface area contributed by atoms with Gasteiger partial charge in [-0.05, 0) is 54.6 Å². The van der Waals surface area contributed by atoms with E-state index in [9.17, 15) is 32.3 Å².